The molecule has 1 rings (SSSR count). The van der Waals surface area contributed by atoms with E-state index in [2.05, 4.69) is 4.98 Å². The highest BCUT2D eigenvalue weighted by molar-refractivity contribution is 7.79. The van der Waals surface area contributed by atoms with Gasteiger partial charge in [-0.05, 0) is 5.37 Å². The summed E-state index contributed by atoms with van der Waals surface area (Å²) in [6.07, 6.45) is 1.57. The van der Waals surface area contributed by atoms with Gasteiger partial charge in [0.15, 0.2) is 11.6 Å². The molecule has 6 heteroatoms. The van der Waals surface area contributed by atoms with Gasteiger partial charge in [-0.1, -0.05) is 23.8 Å². The molecule has 1 aromatic heterocycles. The van der Waals surface area contributed by atoms with E-state index < -0.39 is 0 Å². The second-order valence-corrected chi connectivity index (χ2v) is 4.19. The minimum Gasteiger partial charge on any atom is -0.488 e. The Labute approximate surface area is 105 Å². The van der Waals surface area contributed by atoms with Crippen molar-refractivity contribution < 1.29 is 4.74 Å². The van der Waals surface area contributed by atoms with Crippen LogP contribution in [0.1, 0.15) is 0 Å². The summed E-state index contributed by atoms with van der Waals surface area (Å²) in [5.74, 6) is 1.31. The van der Waals surface area contributed by atoms with Gasteiger partial charge in [-0.25, -0.2) is 4.98 Å². The number of pyridine rings is 1. The van der Waals surface area contributed by atoms with Gasteiger partial charge < -0.3 is 15.4 Å². The van der Waals surface area contributed by atoms with Crippen LogP contribution in [-0.2, 0) is 0 Å². The Morgan fingerprint density at radius 2 is 2.38 bits per heavy atom. The number of hydrogen-bond donors (Lipinski definition) is 1. The van der Waals surface area contributed by atoms with Crippen LogP contribution in [0.3, 0.4) is 0 Å². The number of thiocarbonyl (C=S) groups is 1. The van der Waals surface area contributed by atoms with E-state index in [0.29, 0.717) is 23.2 Å². The first-order valence-electron chi connectivity index (χ1n) is 4.71. The van der Waals surface area contributed by atoms with Crippen LogP contribution in [0.2, 0.25) is 5.02 Å². The maximum absolute atomic E-state index is 5.85. The summed E-state index contributed by atoms with van der Waals surface area (Å²) in [6, 6.07) is 1.43. The monoisotopic (exact) mass is 259 g/mol. The Morgan fingerprint density at radius 3 is 2.94 bits per heavy atom. The molecule has 0 radical (unpaired) electrons. The van der Waals surface area contributed by atoms with Crippen LogP contribution in [0.4, 0.5) is 5.82 Å². The lowest BCUT2D eigenvalue weighted by atomic mass is 10.3. The Bertz CT molecular complexity index is 373. The van der Waals surface area contributed by atoms with Crippen molar-refractivity contribution >= 4 is 35.0 Å². The van der Waals surface area contributed by atoms with E-state index in [1.807, 2.05) is 19.0 Å². The molecule has 1 aromatic rings. The molecule has 0 saturated carbocycles. The second-order valence-electron chi connectivity index (χ2n) is 3.48. The largest absolute Gasteiger partial charge is 0.488 e. The number of aromatic nitrogens is 1. The van der Waals surface area contributed by atoms with Crippen molar-refractivity contribution in [2.75, 3.05) is 25.6 Å². The van der Waals surface area contributed by atoms with E-state index >= 15 is 0 Å². The van der Waals surface area contributed by atoms with E-state index in [4.69, 9.17) is 34.3 Å². The minimum absolute atomic E-state index is 0.274. The number of ether oxygens (including phenoxy) is 1. The van der Waals surface area contributed by atoms with Gasteiger partial charge in [0.25, 0.3) is 0 Å². The number of nitrogens with zero attached hydrogens (tertiary/aromatic N) is 2. The van der Waals surface area contributed by atoms with Crippen LogP contribution in [0.15, 0.2) is 12.3 Å². The average Bonchev–Trinajstić information content (AvgIpc) is 2.25. The van der Waals surface area contributed by atoms with Crippen molar-refractivity contribution in [2.45, 2.75) is 6.04 Å². The predicted octanol–water partition coefficient (Wildman–Crippen LogP) is 1.51. The quantitative estimate of drug-likeness (QED) is 0.813. The van der Waals surface area contributed by atoms with Crippen LogP contribution >= 0.6 is 23.8 Å². The first-order chi connectivity index (χ1) is 7.54. The fourth-order valence-electron chi connectivity index (χ4n) is 1.08. The average molecular weight is 260 g/mol. The van der Waals surface area contributed by atoms with Crippen molar-refractivity contribution in [1.82, 2.24) is 4.98 Å². The maximum atomic E-state index is 5.85. The van der Waals surface area contributed by atoms with Gasteiger partial charge in [0.05, 0.1) is 11.1 Å². The lowest BCUT2D eigenvalue weighted by Crippen LogP contribution is -2.28. The van der Waals surface area contributed by atoms with Crippen LogP contribution in [0.25, 0.3) is 0 Å². The zero-order valence-electron chi connectivity index (χ0n) is 9.18. The van der Waals surface area contributed by atoms with Crippen molar-refractivity contribution in [3.8, 4) is 5.75 Å². The topological polar surface area (TPSA) is 51.4 Å². The first kappa shape index (κ1) is 13.2. The second kappa shape index (κ2) is 5.98. The summed E-state index contributed by atoms with van der Waals surface area (Å²) < 4.78 is 5.52. The number of nitrogens with two attached hydrogens (primary N) is 1. The molecular formula is C10H14ClN3OS. The third-order valence-corrected chi connectivity index (χ3v) is 2.39. The van der Waals surface area contributed by atoms with Gasteiger partial charge in [0.2, 0.25) is 0 Å². The molecule has 4 nitrogen and oxygen atoms in total. The summed E-state index contributed by atoms with van der Waals surface area (Å²) in [6.45, 7) is 0.312. The summed E-state index contributed by atoms with van der Waals surface area (Å²) >= 11 is 10.6. The van der Waals surface area contributed by atoms with Gasteiger partial charge in [-0.2, -0.15) is 0 Å². The van der Waals surface area contributed by atoms with Gasteiger partial charge in [-0.3, -0.25) is 0 Å². The predicted molar refractivity (Wildman–Crippen MR) is 70.7 cm³/mol. The highest BCUT2D eigenvalue weighted by atomic mass is 35.5. The Balaban J connectivity index is 2.83. The molecule has 0 fully saturated rings. The molecule has 0 unspecified atom stereocenters. The Morgan fingerprint density at radius 1 is 1.69 bits per heavy atom. The fourth-order valence-corrected chi connectivity index (χ4v) is 1.31. The zero-order chi connectivity index (χ0) is 12.1. The number of rotatable bonds is 5. The molecule has 88 valence electrons. The van der Waals surface area contributed by atoms with E-state index in [1.165, 1.54) is 5.37 Å². The van der Waals surface area contributed by atoms with Crippen molar-refractivity contribution in [3.05, 3.63) is 17.3 Å². The molecule has 0 saturated heterocycles. The first-order valence-corrected chi connectivity index (χ1v) is 5.56. The third kappa shape index (κ3) is 3.59. The Hall–Kier alpha value is -0.910. The molecule has 16 heavy (non-hydrogen) atoms. The van der Waals surface area contributed by atoms with Crippen molar-refractivity contribution in [1.29, 1.82) is 0 Å². The molecule has 0 spiro atoms. The van der Waals surface area contributed by atoms with Gasteiger partial charge in [0, 0.05) is 26.4 Å². The SMILES string of the molecule is CN(C)c1ncc(Cl)cc1OC[C@H](N)C=S. The zero-order valence-corrected chi connectivity index (χ0v) is 10.8. The summed E-state index contributed by atoms with van der Waals surface area (Å²) in [5, 5.41) is 1.99. The standard InChI is InChI=1S/C10H14ClN3OS/c1-14(2)10-9(3-7(11)4-13-10)15-5-8(12)6-16/h3-4,6,8H,5,12H2,1-2H3/t8-/m0/s1. The number of hydrogen-bond acceptors (Lipinski definition) is 5. The smallest absolute Gasteiger partial charge is 0.170 e. The molecule has 0 bridgehead atoms. The van der Waals surface area contributed by atoms with Crippen molar-refractivity contribution in [3.63, 3.8) is 0 Å². The van der Waals surface area contributed by atoms with Gasteiger partial charge in [-0.15, -0.1) is 0 Å². The molecule has 2 N–H and O–H groups in total. The van der Waals surface area contributed by atoms with Gasteiger partial charge in [0.1, 0.15) is 6.61 Å². The number of anilines is 1. The molecule has 1 heterocycles. The summed E-state index contributed by atoms with van der Waals surface area (Å²) in [5.41, 5.74) is 5.63. The molecule has 0 aliphatic carbocycles. The van der Waals surface area contributed by atoms with E-state index in [9.17, 15) is 0 Å². The molecule has 1 atom stereocenters. The van der Waals surface area contributed by atoms with Crippen LogP contribution in [0.5, 0.6) is 5.75 Å². The summed E-state index contributed by atoms with van der Waals surface area (Å²) in [4.78, 5) is 6.02. The minimum atomic E-state index is -0.274. The maximum Gasteiger partial charge on any atom is 0.170 e. The normalized spacial score (nSPS) is 12.0. The molecule has 0 aliphatic rings. The van der Waals surface area contributed by atoms with Crippen molar-refractivity contribution in [2.24, 2.45) is 5.73 Å². The molecule has 0 aromatic carbocycles. The highest BCUT2D eigenvalue weighted by Gasteiger charge is 2.09. The van der Waals surface area contributed by atoms with Gasteiger partial charge >= 0.3 is 0 Å². The van der Waals surface area contributed by atoms with Crippen LogP contribution in [0, 0.1) is 0 Å². The molecule has 0 aliphatic heterocycles. The Kier molecular flexibility index (Phi) is 4.92. The van der Waals surface area contributed by atoms with E-state index in [1.54, 1.807) is 12.3 Å². The lowest BCUT2D eigenvalue weighted by molar-refractivity contribution is 0.314. The lowest BCUT2D eigenvalue weighted by Gasteiger charge is -2.17. The van der Waals surface area contributed by atoms with E-state index in [-0.39, 0.29) is 6.04 Å². The third-order valence-electron chi connectivity index (χ3n) is 1.83. The summed E-state index contributed by atoms with van der Waals surface area (Å²) in [7, 11) is 3.75. The molecule has 0 amide bonds. The van der Waals surface area contributed by atoms with E-state index in [0.717, 1.165) is 0 Å². The number of halogens is 1. The fraction of sp³-hybridized carbons (Fsp3) is 0.400. The van der Waals surface area contributed by atoms with Crippen LogP contribution in [-0.4, -0.2) is 37.1 Å². The highest BCUT2D eigenvalue weighted by Crippen LogP contribution is 2.27. The van der Waals surface area contributed by atoms with Crippen LogP contribution < -0.4 is 15.4 Å². The molecular weight excluding hydrogens is 246 g/mol.